The minimum absolute atomic E-state index is 0.158. The number of hydrogen-bond donors (Lipinski definition) is 2. The number of ether oxygens (including phenoxy) is 4. The molecule has 11 nitrogen and oxygen atoms in total. The molecule has 0 atom stereocenters. The topological polar surface area (TPSA) is 137 Å². The van der Waals surface area contributed by atoms with E-state index in [0.717, 1.165) is 23.6 Å². The van der Waals surface area contributed by atoms with Gasteiger partial charge in [-0.25, -0.2) is 4.79 Å². The fourth-order valence-corrected chi connectivity index (χ4v) is 3.55. The molecule has 0 bridgehead atoms. The van der Waals surface area contributed by atoms with Crippen molar-refractivity contribution in [2.24, 2.45) is 10.2 Å². The molecule has 1 aliphatic rings. The number of hydrogen-bond acceptors (Lipinski definition) is 10. The second-order valence-corrected chi connectivity index (χ2v) is 7.97. The Balaban J connectivity index is 1.56. The minimum Gasteiger partial charge on any atom is -0.494 e. The molecule has 0 aliphatic carbocycles. The van der Waals surface area contributed by atoms with Gasteiger partial charge in [-0.15, -0.1) is 5.10 Å². The Kier molecular flexibility index (Phi) is 9.46. The molecule has 1 saturated heterocycles. The van der Waals surface area contributed by atoms with Crippen LogP contribution < -0.4 is 24.8 Å². The SMILES string of the molecule is CCOc1ccc(NC(=O)COc2ccc(C=N/N=C3/NC(=O)/C(=C\C(=O)OC)S3)cc2OC)cc1. The van der Waals surface area contributed by atoms with Gasteiger partial charge in [0.05, 0.1) is 31.9 Å². The highest BCUT2D eigenvalue weighted by Crippen LogP contribution is 2.28. The summed E-state index contributed by atoms with van der Waals surface area (Å²) in [5, 5.41) is 13.4. The Morgan fingerprint density at radius 2 is 1.86 bits per heavy atom. The third-order valence-corrected chi connectivity index (χ3v) is 5.35. The molecular weight excluding hydrogens is 488 g/mol. The summed E-state index contributed by atoms with van der Waals surface area (Å²) < 4.78 is 20.8. The third-order valence-electron chi connectivity index (χ3n) is 4.45. The lowest BCUT2D eigenvalue weighted by atomic mass is 10.2. The number of carbonyl (C=O) groups excluding carboxylic acids is 3. The number of methoxy groups -OCH3 is 2. The number of amidine groups is 1. The number of rotatable bonds is 10. The molecule has 2 aromatic rings. The first-order valence-corrected chi connectivity index (χ1v) is 11.5. The van der Waals surface area contributed by atoms with Gasteiger partial charge in [-0.3, -0.25) is 14.9 Å². The van der Waals surface area contributed by atoms with Crippen molar-refractivity contribution in [2.45, 2.75) is 6.92 Å². The van der Waals surface area contributed by atoms with Gasteiger partial charge in [-0.2, -0.15) is 5.10 Å². The van der Waals surface area contributed by atoms with E-state index in [1.54, 1.807) is 42.5 Å². The molecule has 2 N–H and O–H groups in total. The number of nitrogens with one attached hydrogen (secondary N) is 2. The predicted molar refractivity (Wildman–Crippen MR) is 136 cm³/mol. The number of benzene rings is 2. The average molecular weight is 513 g/mol. The van der Waals surface area contributed by atoms with Crippen LogP contribution in [0.4, 0.5) is 5.69 Å². The lowest BCUT2D eigenvalue weighted by molar-refractivity contribution is -0.135. The van der Waals surface area contributed by atoms with Crippen LogP contribution in [0.15, 0.2) is 63.6 Å². The number of nitrogens with zero attached hydrogens (tertiary/aromatic N) is 2. The summed E-state index contributed by atoms with van der Waals surface area (Å²) >= 11 is 0.967. The minimum atomic E-state index is -0.638. The van der Waals surface area contributed by atoms with Crippen molar-refractivity contribution < 1.29 is 33.3 Å². The number of carbonyl (C=O) groups is 3. The van der Waals surface area contributed by atoms with Crippen molar-refractivity contribution in [3.63, 3.8) is 0 Å². The fourth-order valence-electron chi connectivity index (χ4n) is 2.81. The molecule has 1 heterocycles. The summed E-state index contributed by atoms with van der Waals surface area (Å²) in [5.74, 6) is 0.0543. The summed E-state index contributed by atoms with van der Waals surface area (Å²) in [6.45, 7) is 2.24. The molecule has 36 heavy (non-hydrogen) atoms. The van der Waals surface area contributed by atoms with E-state index in [1.165, 1.54) is 20.4 Å². The first-order valence-electron chi connectivity index (χ1n) is 10.6. The molecule has 1 aliphatic heterocycles. The van der Waals surface area contributed by atoms with Crippen molar-refractivity contribution >= 4 is 46.6 Å². The van der Waals surface area contributed by atoms with Gasteiger partial charge in [-0.05, 0) is 66.7 Å². The van der Waals surface area contributed by atoms with Gasteiger partial charge in [0.25, 0.3) is 11.8 Å². The summed E-state index contributed by atoms with van der Waals surface area (Å²) in [6.07, 6.45) is 2.53. The van der Waals surface area contributed by atoms with Crippen LogP contribution in [0.2, 0.25) is 0 Å². The van der Waals surface area contributed by atoms with E-state index in [4.69, 9.17) is 14.2 Å². The quantitative estimate of drug-likeness (QED) is 0.215. The summed E-state index contributed by atoms with van der Waals surface area (Å²) in [6, 6.07) is 12.0. The van der Waals surface area contributed by atoms with Gasteiger partial charge in [0.15, 0.2) is 23.3 Å². The highest BCUT2D eigenvalue weighted by atomic mass is 32.2. The Bertz CT molecular complexity index is 1210. The molecule has 2 aromatic carbocycles. The monoisotopic (exact) mass is 512 g/mol. The molecule has 0 aromatic heterocycles. The predicted octanol–water partition coefficient (Wildman–Crippen LogP) is 2.72. The lowest BCUT2D eigenvalue weighted by Gasteiger charge is -2.11. The summed E-state index contributed by atoms with van der Waals surface area (Å²) in [4.78, 5) is 35.5. The van der Waals surface area contributed by atoms with Gasteiger partial charge < -0.3 is 24.3 Å². The largest absolute Gasteiger partial charge is 0.494 e. The number of anilines is 1. The Morgan fingerprint density at radius 1 is 1.08 bits per heavy atom. The smallest absolute Gasteiger partial charge is 0.331 e. The maximum atomic E-state index is 12.2. The maximum absolute atomic E-state index is 12.2. The number of thioether (sulfide) groups is 1. The zero-order valence-electron chi connectivity index (χ0n) is 19.8. The van der Waals surface area contributed by atoms with Crippen molar-refractivity contribution in [1.29, 1.82) is 0 Å². The summed E-state index contributed by atoms with van der Waals surface area (Å²) in [7, 11) is 2.70. The van der Waals surface area contributed by atoms with Crippen LogP contribution in [0.5, 0.6) is 17.2 Å². The molecule has 2 amide bonds. The molecule has 0 spiro atoms. The van der Waals surface area contributed by atoms with Crippen LogP contribution >= 0.6 is 11.8 Å². The van der Waals surface area contributed by atoms with E-state index < -0.39 is 11.9 Å². The van der Waals surface area contributed by atoms with Crippen LogP contribution in [0.1, 0.15) is 12.5 Å². The molecule has 3 rings (SSSR count). The van der Waals surface area contributed by atoms with Gasteiger partial charge in [0.2, 0.25) is 0 Å². The third kappa shape index (κ3) is 7.60. The van der Waals surface area contributed by atoms with E-state index in [2.05, 4.69) is 25.6 Å². The Morgan fingerprint density at radius 3 is 2.56 bits per heavy atom. The zero-order valence-corrected chi connectivity index (χ0v) is 20.6. The maximum Gasteiger partial charge on any atom is 0.331 e. The average Bonchev–Trinajstić information content (AvgIpc) is 3.22. The first-order chi connectivity index (χ1) is 17.4. The van der Waals surface area contributed by atoms with Crippen molar-refractivity contribution in [2.75, 3.05) is 32.8 Å². The highest BCUT2D eigenvalue weighted by Gasteiger charge is 2.25. The highest BCUT2D eigenvalue weighted by molar-refractivity contribution is 8.18. The Labute approximate surface area is 211 Å². The standard InChI is InChI=1S/C24H24N4O7S/c1-4-34-17-8-6-16(7-9-17)26-21(29)14-35-18-10-5-15(11-19(18)32-2)13-25-28-24-27-23(31)20(36-24)12-22(30)33-3/h5-13H,4,14H2,1-3H3,(H,26,29)(H,27,28,31)/b20-12+,25-13?. The van der Waals surface area contributed by atoms with Crippen LogP contribution in [0.3, 0.4) is 0 Å². The zero-order chi connectivity index (χ0) is 25.9. The van der Waals surface area contributed by atoms with Gasteiger partial charge in [0, 0.05) is 11.8 Å². The van der Waals surface area contributed by atoms with Gasteiger partial charge in [-0.1, -0.05) is 0 Å². The van der Waals surface area contributed by atoms with E-state index in [9.17, 15) is 14.4 Å². The summed E-state index contributed by atoms with van der Waals surface area (Å²) in [5.41, 5.74) is 1.26. The van der Waals surface area contributed by atoms with Crippen LogP contribution in [-0.2, 0) is 19.1 Å². The lowest BCUT2D eigenvalue weighted by Crippen LogP contribution is -2.20. The molecular formula is C24H24N4O7S. The molecule has 0 radical (unpaired) electrons. The van der Waals surface area contributed by atoms with E-state index in [1.807, 2.05) is 6.92 Å². The fraction of sp³-hybridized carbons (Fsp3) is 0.208. The van der Waals surface area contributed by atoms with Crippen molar-refractivity contribution in [3.8, 4) is 17.2 Å². The molecule has 0 unspecified atom stereocenters. The first kappa shape index (κ1) is 26.3. The number of esters is 1. The second-order valence-electron chi connectivity index (χ2n) is 6.94. The normalized spacial score (nSPS) is 15.1. The van der Waals surface area contributed by atoms with Gasteiger partial charge in [0.1, 0.15) is 5.75 Å². The van der Waals surface area contributed by atoms with E-state index >= 15 is 0 Å². The molecule has 0 saturated carbocycles. The second kappa shape index (κ2) is 13.0. The van der Waals surface area contributed by atoms with E-state index in [-0.39, 0.29) is 22.6 Å². The van der Waals surface area contributed by atoms with Crippen molar-refractivity contribution in [1.82, 2.24) is 5.32 Å². The van der Waals surface area contributed by atoms with Crippen molar-refractivity contribution in [3.05, 3.63) is 59.0 Å². The Hall–Kier alpha value is -4.32. The van der Waals surface area contributed by atoms with Crippen LogP contribution in [0, 0.1) is 0 Å². The van der Waals surface area contributed by atoms with E-state index in [0.29, 0.717) is 29.4 Å². The van der Waals surface area contributed by atoms with Crippen LogP contribution in [-0.4, -0.2) is 56.6 Å². The molecule has 188 valence electrons. The molecule has 1 fully saturated rings. The van der Waals surface area contributed by atoms with Crippen LogP contribution in [0.25, 0.3) is 0 Å². The van der Waals surface area contributed by atoms with Gasteiger partial charge >= 0.3 is 5.97 Å². The molecule has 12 heteroatoms. The number of amides is 2.